The van der Waals surface area contributed by atoms with E-state index in [1.165, 1.54) is 11.8 Å². The molecule has 0 N–H and O–H groups in total. The zero-order valence-electron chi connectivity index (χ0n) is 14.6. The average Bonchev–Trinajstić information content (AvgIpc) is 3.02. The quantitative estimate of drug-likeness (QED) is 0.756. The monoisotopic (exact) mass is 362 g/mol. The predicted octanol–water partition coefficient (Wildman–Crippen LogP) is 1.83. The summed E-state index contributed by atoms with van der Waals surface area (Å²) in [5.74, 6) is 1.62. The van der Waals surface area contributed by atoms with Crippen LogP contribution in [0.3, 0.4) is 0 Å². The van der Waals surface area contributed by atoms with Gasteiger partial charge in [0.15, 0.2) is 11.0 Å². The van der Waals surface area contributed by atoms with E-state index in [1.54, 1.807) is 7.11 Å². The van der Waals surface area contributed by atoms with Crippen LogP contribution in [0.5, 0.6) is 5.75 Å². The minimum Gasteiger partial charge on any atom is -0.497 e. The van der Waals surface area contributed by atoms with Gasteiger partial charge < -0.3 is 18.9 Å². The fourth-order valence-electron chi connectivity index (χ4n) is 2.68. The lowest BCUT2D eigenvalue weighted by atomic mass is 10.2. The molecule has 0 saturated carbocycles. The lowest BCUT2D eigenvalue weighted by molar-refractivity contribution is -0.134. The predicted molar refractivity (Wildman–Crippen MR) is 95.7 cm³/mol. The number of aromatic nitrogens is 3. The molecule has 7 nitrogen and oxygen atoms in total. The second-order valence-corrected chi connectivity index (χ2v) is 7.10. The Kier molecular flexibility index (Phi) is 5.60. The number of benzene rings is 1. The molecule has 1 aliphatic heterocycles. The van der Waals surface area contributed by atoms with Crippen molar-refractivity contribution in [3.8, 4) is 17.1 Å². The van der Waals surface area contributed by atoms with Gasteiger partial charge in [-0.25, -0.2) is 0 Å². The highest BCUT2D eigenvalue weighted by Gasteiger charge is 2.25. The van der Waals surface area contributed by atoms with Gasteiger partial charge in [-0.15, -0.1) is 10.2 Å². The minimum absolute atomic E-state index is 0.110. The molecular weight excluding hydrogens is 340 g/mol. The molecule has 25 heavy (non-hydrogen) atoms. The van der Waals surface area contributed by atoms with Crippen LogP contribution in [0.4, 0.5) is 0 Å². The highest BCUT2D eigenvalue weighted by molar-refractivity contribution is 8.00. The molecule has 0 unspecified atom stereocenters. The molecule has 0 aliphatic carbocycles. The Morgan fingerprint density at radius 3 is 2.80 bits per heavy atom. The molecule has 1 saturated heterocycles. The fraction of sp³-hybridized carbons (Fsp3) is 0.471. The summed E-state index contributed by atoms with van der Waals surface area (Å²) in [7, 11) is 3.54. The fourth-order valence-corrected chi connectivity index (χ4v) is 3.58. The molecule has 0 spiro atoms. The Labute approximate surface area is 151 Å². The molecule has 1 aromatic heterocycles. The first kappa shape index (κ1) is 17.8. The summed E-state index contributed by atoms with van der Waals surface area (Å²) in [4.78, 5) is 14.4. The van der Waals surface area contributed by atoms with Crippen LogP contribution in [0.2, 0.25) is 0 Å². The summed E-state index contributed by atoms with van der Waals surface area (Å²) >= 11 is 1.42. The van der Waals surface area contributed by atoms with E-state index in [2.05, 4.69) is 10.2 Å². The molecule has 3 rings (SSSR count). The van der Waals surface area contributed by atoms with E-state index in [9.17, 15) is 4.79 Å². The van der Waals surface area contributed by atoms with E-state index < -0.39 is 0 Å². The molecular formula is C17H22N4O3S. The summed E-state index contributed by atoms with van der Waals surface area (Å²) in [6.45, 7) is 4.41. The van der Waals surface area contributed by atoms with Gasteiger partial charge >= 0.3 is 0 Å². The van der Waals surface area contributed by atoms with Gasteiger partial charge in [0.25, 0.3) is 0 Å². The van der Waals surface area contributed by atoms with E-state index in [0.717, 1.165) is 17.1 Å². The van der Waals surface area contributed by atoms with Crippen molar-refractivity contribution in [3.63, 3.8) is 0 Å². The first-order chi connectivity index (χ1) is 12.1. The van der Waals surface area contributed by atoms with Crippen LogP contribution in [-0.4, -0.2) is 64.2 Å². The van der Waals surface area contributed by atoms with E-state index in [-0.39, 0.29) is 11.2 Å². The Morgan fingerprint density at radius 2 is 2.08 bits per heavy atom. The van der Waals surface area contributed by atoms with Gasteiger partial charge in [0.1, 0.15) is 5.75 Å². The molecule has 0 bridgehead atoms. The molecule has 134 valence electrons. The third kappa shape index (κ3) is 3.96. The molecule has 1 aromatic carbocycles. The molecule has 1 atom stereocenters. The summed E-state index contributed by atoms with van der Waals surface area (Å²) < 4.78 is 12.5. The summed E-state index contributed by atoms with van der Waals surface area (Å²) in [6.07, 6.45) is 0. The number of hydrogen-bond acceptors (Lipinski definition) is 6. The number of carbonyl (C=O) groups excluding carboxylic acids is 1. The number of hydrogen-bond donors (Lipinski definition) is 0. The highest BCUT2D eigenvalue weighted by atomic mass is 32.2. The average molecular weight is 362 g/mol. The molecule has 1 amide bonds. The van der Waals surface area contributed by atoms with Crippen LogP contribution >= 0.6 is 11.8 Å². The van der Waals surface area contributed by atoms with Crippen molar-refractivity contribution in [3.05, 3.63) is 24.3 Å². The number of amides is 1. The molecule has 2 heterocycles. The SMILES string of the molecule is COc1cccc(-c2nnc(S[C@H](C)C(=O)N3CCOCC3)n2C)c1. The standard InChI is InChI=1S/C17H22N4O3S/c1-12(16(22)21-7-9-24-10-8-21)25-17-19-18-15(20(17)2)13-5-4-6-14(11-13)23-3/h4-6,11-12H,7-10H2,1-3H3/t12-/m1/s1. The molecule has 2 aromatic rings. The third-order valence-electron chi connectivity index (χ3n) is 4.12. The van der Waals surface area contributed by atoms with Crippen molar-refractivity contribution in [2.45, 2.75) is 17.3 Å². The second kappa shape index (κ2) is 7.88. The van der Waals surface area contributed by atoms with Crippen molar-refractivity contribution in [2.24, 2.45) is 7.05 Å². The van der Waals surface area contributed by atoms with Crippen molar-refractivity contribution in [2.75, 3.05) is 33.4 Å². The van der Waals surface area contributed by atoms with Crippen LogP contribution in [0, 0.1) is 0 Å². The topological polar surface area (TPSA) is 69.5 Å². The maximum Gasteiger partial charge on any atom is 0.236 e. The highest BCUT2D eigenvalue weighted by Crippen LogP contribution is 2.28. The zero-order chi connectivity index (χ0) is 17.8. The van der Waals surface area contributed by atoms with Crippen molar-refractivity contribution < 1.29 is 14.3 Å². The van der Waals surface area contributed by atoms with Gasteiger partial charge in [-0.2, -0.15) is 0 Å². The maximum atomic E-state index is 12.5. The Hall–Kier alpha value is -2.06. The maximum absolute atomic E-state index is 12.5. The number of methoxy groups -OCH3 is 1. The first-order valence-corrected chi connectivity index (χ1v) is 9.05. The number of nitrogens with zero attached hydrogens (tertiary/aromatic N) is 4. The van der Waals surface area contributed by atoms with Gasteiger partial charge in [0, 0.05) is 25.7 Å². The third-order valence-corrected chi connectivity index (χ3v) is 5.24. The molecule has 8 heteroatoms. The smallest absolute Gasteiger partial charge is 0.236 e. The summed E-state index contributed by atoms with van der Waals surface area (Å²) in [5.41, 5.74) is 0.924. The number of ether oxygens (including phenoxy) is 2. The molecule has 1 aliphatic rings. The van der Waals surface area contributed by atoms with Crippen LogP contribution in [0.15, 0.2) is 29.4 Å². The first-order valence-electron chi connectivity index (χ1n) is 8.17. The van der Waals surface area contributed by atoms with Crippen molar-refractivity contribution in [1.82, 2.24) is 19.7 Å². The van der Waals surface area contributed by atoms with Crippen LogP contribution in [0.1, 0.15) is 6.92 Å². The van der Waals surface area contributed by atoms with E-state index >= 15 is 0 Å². The van der Waals surface area contributed by atoms with E-state index in [4.69, 9.17) is 9.47 Å². The normalized spacial score (nSPS) is 15.9. The lowest BCUT2D eigenvalue weighted by Gasteiger charge is -2.28. The zero-order valence-corrected chi connectivity index (χ0v) is 15.5. The second-order valence-electron chi connectivity index (χ2n) is 5.79. The van der Waals surface area contributed by atoms with Gasteiger partial charge in [0.05, 0.1) is 25.6 Å². The number of carbonyl (C=O) groups is 1. The van der Waals surface area contributed by atoms with Crippen molar-refractivity contribution >= 4 is 17.7 Å². The van der Waals surface area contributed by atoms with Gasteiger partial charge in [-0.1, -0.05) is 23.9 Å². The van der Waals surface area contributed by atoms with Crippen LogP contribution < -0.4 is 4.74 Å². The summed E-state index contributed by atoms with van der Waals surface area (Å²) in [5, 5.41) is 9.02. The number of thioether (sulfide) groups is 1. The number of morpholine rings is 1. The van der Waals surface area contributed by atoms with E-state index in [0.29, 0.717) is 31.5 Å². The number of rotatable bonds is 5. The van der Waals surface area contributed by atoms with Gasteiger partial charge in [0.2, 0.25) is 5.91 Å². The molecule has 0 radical (unpaired) electrons. The van der Waals surface area contributed by atoms with Crippen molar-refractivity contribution in [1.29, 1.82) is 0 Å². The molecule has 1 fully saturated rings. The Morgan fingerprint density at radius 1 is 1.32 bits per heavy atom. The Balaban J connectivity index is 1.73. The van der Waals surface area contributed by atoms with Crippen LogP contribution in [-0.2, 0) is 16.6 Å². The lowest BCUT2D eigenvalue weighted by Crippen LogP contribution is -2.44. The Bertz CT molecular complexity index is 743. The van der Waals surface area contributed by atoms with Gasteiger partial charge in [-0.05, 0) is 19.1 Å². The van der Waals surface area contributed by atoms with Gasteiger partial charge in [-0.3, -0.25) is 4.79 Å². The largest absolute Gasteiger partial charge is 0.497 e. The van der Waals surface area contributed by atoms with E-state index in [1.807, 2.05) is 47.7 Å². The minimum atomic E-state index is -0.223. The van der Waals surface area contributed by atoms with Crippen LogP contribution in [0.25, 0.3) is 11.4 Å². The summed E-state index contributed by atoms with van der Waals surface area (Å²) in [6, 6.07) is 7.68.